The Morgan fingerprint density at radius 3 is 2.37 bits per heavy atom. The first-order chi connectivity index (χ1) is 9.05. The number of rotatable bonds is 7. The van der Waals surface area contributed by atoms with Crippen molar-refractivity contribution in [2.24, 2.45) is 0 Å². The molecule has 4 heteroatoms. The smallest absolute Gasteiger partial charge is 0.224 e. The molecule has 0 bridgehead atoms. The molecule has 1 rings (SSSR count). The summed E-state index contributed by atoms with van der Waals surface area (Å²) in [5, 5.41) is 3.04. The average Bonchev–Trinajstić information content (AvgIpc) is 2.38. The number of carbonyl (C=O) groups is 1. The topological polar surface area (TPSA) is 32.3 Å². The molecule has 1 unspecified atom stereocenters. The van der Waals surface area contributed by atoms with Gasteiger partial charge >= 0.3 is 0 Å². The van der Waals surface area contributed by atoms with Gasteiger partial charge in [0.25, 0.3) is 0 Å². The van der Waals surface area contributed by atoms with E-state index in [1.54, 1.807) is 0 Å². The van der Waals surface area contributed by atoms with Crippen LogP contribution in [-0.4, -0.2) is 36.5 Å². The quantitative estimate of drug-likeness (QED) is 0.752. The molecule has 0 aromatic heterocycles. The molecular weight excluding hydrogens is 256 g/mol. The van der Waals surface area contributed by atoms with E-state index in [9.17, 15) is 4.79 Å². The van der Waals surface area contributed by atoms with Gasteiger partial charge in [-0.25, -0.2) is 0 Å². The lowest BCUT2D eigenvalue weighted by atomic mass is 10.1. The Kier molecular flexibility index (Phi) is 6.95. The summed E-state index contributed by atoms with van der Waals surface area (Å²) in [6, 6.07) is 7.88. The molecule has 1 N–H and O–H groups in total. The van der Waals surface area contributed by atoms with E-state index < -0.39 is 0 Å². The lowest BCUT2D eigenvalue weighted by molar-refractivity contribution is -0.121. The fraction of sp³-hybridized carbons (Fsp3) is 0.533. The number of amides is 1. The second-order valence-corrected chi connectivity index (χ2v) is 5.31. The van der Waals surface area contributed by atoms with Crippen molar-refractivity contribution in [2.45, 2.75) is 38.1 Å². The molecule has 0 heterocycles. The number of likely N-dealkylation sites (N-methyl/N-ethyl adjacent to an activating group) is 1. The molecule has 19 heavy (non-hydrogen) atoms. The molecule has 0 fully saturated rings. The van der Waals surface area contributed by atoms with Crippen LogP contribution in [0.5, 0.6) is 0 Å². The molecule has 1 atom stereocenters. The molecule has 3 nitrogen and oxygen atoms in total. The van der Waals surface area contributed by atoms with Crippen molar-refractivity contribution in [2.75, 3.05) is 19.6 Å². The zero-order valence-electron chi connectivity index (χ0n) is 12.0. The normalized spacial score (nSPS) is 12.5. The Labute approximate surface area is 121 Å². The van der Waals surface area contributed by atoms with Crippen molar-refractivity contribution in [3.05, 3.63) is 29.8 Å². The Morgan fingerprint density at radius 1 is 1.26 bits per heavy atom. The summed E-state index contributed by atoms with van der Waals surface area (Å²) in [4.78, 5) is 15.1. The molecule has 1 aromatic carbocycles. The van der Waals surface area contributed by atoms with Crippen LogP contribution >= 0.6 is 12.6 Å². The van der Waals surface area contributed by atoms with Crippen LogP contribution in [0.15, 0.2) is 29.2 Å². The highest BCUT2D eigenvalue weighted by atomic mass is 32.1. The summed E-state index contributed by atoms with van der Waals surface area (Å²) in [5.41, 5.74) is 1.02. The first-order valence-corrected chi connectivity index (χ1v) is 7.29. The van der Waals surface area contributed by atoms with Crippen LogP contribution in [0.2, 0.25) is 0 Å². The van der Waals surface area contributed by atoms with Crippen LogP contribution in [0, 0.1) is 0 Å². The van der Waals surface area contributed by atoms with Crippen molar-refractivity contribution >= 4 is 18.5 Å². The molecule has 0 saturated carbocycles. The van der Waals surface area contributed by atoms with E-state index >= 15 is 0 Å². The summed E-state index contributed by atoms with van der Waals surface area (Å²) >= 11 is 4.23. The predicted molar refractivity (Wildman–Crippen MR) is 82.8 cm³/mol. The minimum absolute atomic E-state index is 0.0755. The number of benzene rings is 1. The van der Waals surface area contributed by atoms with Crippen molar-refractivity contribution < 1.29 is 4.79 Å². The zero-order chi connectivity index (χ0) is 14.3. The van der Waals surface area contributed by atoms with Crippen LogP contribution in [-0.2, 0) is 11.2 Å². The van der Waals surface area contributed by atoms with Crippen LogP contribution in [0.4, 0.5) is 0 Å². The zero-order valence-corrected chi connectivity index (χ0v) is 12.9. The van der Waals surface area contributed by atoms with Gasteiger partial charge in [0.05, 0.1) is 6.42 Å². The van der Waals surface area contributed by atoms with Gasteiger partial charge in [-0.3, -0.25) is 4.79 Å². The third-order valence-corrected chi connectivity index (χ3v) is 3.43. The minimum atomic E-state index is 0.0755. The Morgan fingerprint density at radius 2 is 1.84 bits per heavy atom. The maximum atomic E-state index is 11.9. The third kappa shape index (κ3) is 6.12. The van der Waals surface area contributed by atoms with Gasteiger partial charge in [0.15, 0.2) is 0 Å². The van der Waals surface area contributed by atoms with E-state index in [4.69, 9.17) is 0 Å². The van der Waals surface area contributed by atoms with Crippen LogP contribution in [0.3, 0.4) is 0 Å². The number of thiol groups is 1. The van der Waals surface area contributed by atoms with Gasteiger partial charge in [0, 0.05) is 17.5 Å². The van der Waals surface area contributed by atoms with Gasteiger partial charge in [-0.15, -0.1) is 12.6 Å². The SMILES string of the molecule is CCN(CC)CC(C)NC(=O)Cc1ccc(S)cc1. The Hall–Kier alpha value is -1.00. The molecular formula is C15H24N2OS. The molecule has 0 aliphatic rings. The molecule has 0 spiro atoms. The van der Waals surface area contributed by atoms with Gasteiger partial charge in [0.1, 0.15) is 0 Å². The summed E-state index contributed by atoms with van der Waals surface area (Å²) in [7, 11) is 0. The molecule has 106 valence electrons. The summed E-state index contributed by atoms with van der Waals surface area (Å²) < 4.78 is 0. The van der Waals surface area contributed by atoms with Crippen molar-refractivity contribution in [3.8, 4) is 0 Å². The van der Waals surface area contributed by atoms with E-state index in [0.717, 1.165) is 30.1 Å². The Bertz CT molecular complexity index is 388. The number of hydrogen-bond donors (Lipinski definition) is 2. The first kappa shape index (κ1) is 16.1. The number of carbonyl (C=O) groups excluding carboxylic acids is 1. The molecule has 0 aliphatic heterocycles. The van der Waals surface area contributed by atoms with Crippen LogP contribution in [0.1, 0.15) is 26.3 Å². The second kappa shape index (κ2) is 8.23. The highest BCUT2D eigenvalue weighted by molar-refractivity contribution is 7.80. The van der Waals surface area contributed by atoms with E-state index in [2.05, 4.69) is 36.7 Å². The van der Waals surface area contributed by atoms with E-state index in [-0.39, 0.29) is 11.9 Å². The van der Waals surface area contributed by atoms with Crippen molar-refractivity contribution in [1.29, 1.82) is 0 Å². The lowest BCUT2D eigenvalue weighted by Gasteiger charge is -2.23. The molecule has 0 saturated heterocycles. The number of nitrogens with zero attached hydrogens (tertiary/aromatic N) is 1. The number of nitrogens with one attached hydrogen (secondary N) is 1. The predicted octanol–water partition coefficient (Wildman–Crippen LogP) is 2.36. The highest BCUT2D eigenvalue weighted by Crippen LogP contribution is 2.08. The first-order valence-electron chi connectivity index (χ1n) is 6.84. The summed E-state index contributed by atoms with van der Waals surface area (Å²) in [6.07, 6.45) is 0.427. The standard InChI is InChI=1S/C15H24N2OS/c1-4-17(5-2)11-12(3)16-15(18)10-13-6-8-14(19)9-7-13/h6-9,12,19H,4-5,10-11H2,1-3H3,(H,16,18). The van der Waals surface area contributed by atoms with E-state index in [0.29, 0.717) is 6.42 Å². The fourth-order valence-electron chi connectivity index (χ4n) is 2.04. The maximum Gasteiger partial charge on any atom is 0.224 e. The van der Waals surface area contributed by atoms with Gasteiger partial charge in [-0.2, -0.15) is 0 Å². The second-order valence-electron chi connectivity index (χ2n) is 4.80. The van der Waals surface area contributed by atoms with Gasteiger partial charge < -0.3 is 10.2 Å². The van der Waals surface area contributed by atoms with E-state index in [1.165, 1.54) is 0 Å². The van der Waals surface area contributed by atoms with Crippen LogP contribution < -0.4 is 5.32 Å². The molecule has 0 aliphatic carbocycles. The maximum absolute atomic E-state index is 11.9. The molecule has 1 amide bonds. The Balaban J connectivity index is 2.40. The highest BCUT2D eigenvalue weighted by Gasteiger charge is 2.10. The van der Waals surface area contributed by atoms with Crippen LogP contribution in [0.25, 0.3) is 0 Å². The lowest BCUT2D eigenvalue weighted by Crippen LogP contribution is -2.42. The van der Waals surface area contributed by atoms with Crippen molar-refractivity contribution in [3.63, 3.8) is 0 Å². The largest absolute Gasteiger partial charge is 0.352 e. The summed E-state index contributed by atoms with van der Waals surface area (Å²) in [5.74, 6) is 0.0755. The third-order valence-electron chi connectivity index (χ3n) is 3.13. The van der Waals surface area contributed by atoms with Gasteiger partial charge in [0.2, 0.25) is 5.91 Å². The monoisotopic (exact) mass is 280 g/mol. The fourth-order valence-corrected chi connectivity index (χ4v) is 2.19. The summed E-state index contributed by atoms with van der Waals surface area (Å²) in [6.45, 7) is 9.25. The van der Waals surface area contributed by atoms with Gasteiger partial charge in [-0.05, 0) is 37.7 Å². The number of hydrogen-bond acceptors (Lipinski definition) is 3. The molecule has 0 radical (unpaired) electrons. The minimum Gasteiger partial charge on any atom is -0.352 e. The molecule has 1 aromatic rings. The average molecular weight is 280 g/mol. The van der Waals surface area contributed by atoms with E-state index in [1.807, 2.05) is 31.2 Å². The van der Waals surface area contributed by atoms with Gasteiger partial charge in [-0.1, -0.05) is 26.0 Å². The van der Waals surface area contributed by atoms with Crippen molar-refractivity contribution in [1.82, 2.24) is 10.2 Å².